The summed E-state index contributed by atoms with van der Waals surface area (Å²) >= 11 is 0. The molecule has 0 bridgehead atoms. The van der Waals surface area contributed by atoms with E-state index in [0.717, 1.165) is 16.8 Å². The first kappa shape index (κ1) is 23.6. The number of phosphoric acid groups is 1. The molecule has 0 saturated carbocycles. The predicted octanol–water partition coefficient (Wildman–Crippen LogP) is 1.86. The third kappa shape index (κ3) is 5.58. The van der Waals surface area contributed by atoms with E-state index in [9.17, 15) is 9.46 Å². The molecule has 36 heavy (non-hydrogen) atoms. The molecule has 5 aromatic heterocycles. The van der Waals surface area contributed by atoms with Gasteiger partial charge in [0.1, 0.15) is 17.8 Å². The van der Waals surface area contributed by atoms with Crippen molar-refractivity contribution in [2.45, 2.75) is 19.8 Å². The van der Waals surface area contributed by atoms with Gasteiger partial charge in [-0.25, -0.2) is 14.5 Å². The fourth-order valence-corrected chi connectivity index (χ4v) is 3.82. The van der Waals surface area contributed by atoms with Crippen LogP contribution >= 0.6 is 7.82 Å². The number of nitrogens with two attached hydrogens (primary N) is 1. The molecule has 3 N–H and O–H groups in total. The Kier molecular flexibility index (Phi) is 6.49. The number of fused-ring (bicyclic) bond motifs is 1. The van der Waals surface area contributed by atoms with Crippen molar-refractivity contribution >= 4 is 19.3 Å². The minimum absolute atomic E-state index is 0.184. The zero-order valence-electron chi connectivity index (χ0n) is 18.8. The van der Waals surface area contributed by atoms with Gasteiger partial charge in [-0.3, -0.25) is 14.8 Å². The molecule has 0 aliphatic heterocycles. The lowest BCUT2D eigenvalue weighted by molar-refractivity contribution is -0.712. The van der Waals surface area contributed by atoms with E-state index in [0.29, 0.717) is 35.9 Å². The van der Waals surface area contributed by atoms with Gasteiger partial charge in [-0.2, -0.15) is 0 Å². The summed E-state index contributed by atoms with van der Waals surface area (Å²) in [6.07, 6.45) is 9.24. The van der Waals surface area contributed by atoms with E-state index in [1.54, 1.807) is 36.7 Å². The Balaban J connectivity index is 1.21. The average Bonchev–Trinajstić information content (AvgIpc) is 3.52. The van der Waals surface area contributed by atoms with Crippen molar-refractivity contribution in [1.29, 1.82) is 0 Å². The summed E-state index contributed by atoms with van der Waals surface area (Å²) in [5.74, 6) is 1.08. The molecule has 12 nitrogen and oxygen atoms in total. The van der Waals surface area contributed by atoms with E-state index < -0.39 is 14.6 Å². The van der Waals surface area contributed by atoms with E-state index >= 15 is 0 Å². The maximum Gasteiger partial charge on any atom is 0.285 e. The van der Waals surface area contributed by atoms with E-state index in [-0.39, 0.29) is 5.82 Å². The Hall–Kier alpha value is -4.09. The standard InChI is InChI=1S/C23H21N6O6P/c24-23-19(2-1-7-29(23)15-34-36(30,31)32)20-12-18(27-35-20)10-16-3-4-22(26-13-16)33-14-17-5-8-28-9-6-25-21(28)11-17/h1-9,11-13,24H,10,14-15H2,(H2,30,31,32). The first-order valence-corrected chi connectivity index (χ1v) is 12.3. The fraction of sp³-hybridized carbons (Fsp3) is 0.130. The van der Waals surface area contributed by atoms with Gasteiger partial charge < -0.3 is 23.4 Å². The topological polar surface area (TPSA) is 165 Å². The van der Waals surface area contributed by atoms with Gasteiger partial charge in [0, 0.05) is 43.3 Å². The lowest BCUT2D eigenvalue weighted by Gasteiger charge is -2.14. The smallest absolute Gasteiger partial charge is 0.285 e. The fourth-order valence-electron chi connectivity index (χ4n) is 3.55. The zero-order valence-corrected chi connectivity index (χ0v) is 19.7. The summed E-state index contributed by atoms with van der Waals surface area (Å²) in [6, 6.07) is 12.7. The Morgan fingerprint density at radius 1 is 1.17 bits per heavy atom. The molecule has 5 aromatic rings. The number of phosphoric ester groups is 1. The number of imidazole rings is 1. The minimum atomic E-state index is -4.88. The van der Waals surface area contributed by atoms with Gasteiger partial charge in [0.25, 0.3) is 13.6 Å². The highest BCUT2D eigenvalue weighted by molar-refractivity contribution is 7.44. The quantitative estimate of drug-likeness (QED) is 0.222. The number of hydrogen-bond donors (Lipinski definition) is 2. The van der Waals surface area contributed by atoms with Crippen molar-refractivity contribution in [3.63, 3.8) is 0 Å². The molecule has 0 fully saturated rings. The van der Waals surface area contributed by atoms with Crippen LogP contribution in [0.2, 0.25) is 0 Å². The molecule has 0 aliphatic carbocycles. The molecule has 0 amide bonds. The lowest BCUT2D eigenvalue weighted by atomic mass is 10.1. The molecule has 1 atom stereocenters. The summed E-state index contributed by atoms with van der Waals surface area (Å²) in [4.78, 5) is 28.3. The van der Waals surface area contributed by atoms with Crippen LogP contribution in [0.3, 0.4) is 0 Å². The molecule has 0 radical (unpaired) electrons. The maximum atomic E-state index is 10.9. The molecule has 0 spiro atoms. The van der Waals surface area contributed by atoms with Crippen LogP contribution in [0.5, 0.6) is 5.88 Å². The summed E-state index contributed by atoms with van der Waals surface area (Å²) in [7, 11) is -4.88. The number of nitrogen functional groups attached to an aromatic ring is 1. The van der Waals surface area contributed by atoms with E-state index in [4.69, 9.17) is 19.9 Å². The highest BCUT2D eigenvalue weighted by Gasteiger charge is 2.18. The number of rotatable bonds is 9. The molecule has 0 aliphatic rings. The van der Waals surface area contributed by atoms with Crippen molar-refractivity contribution < 1.29 is 32.7 Å². The summed E-state index contributed by atoms with van der Waals surface area (Å²) < 4.78 is 29.7. The van der Waals surface area contributed by atoms with Crippen molar-refractivity contribution in [3.05, 3.63) is 90.3 Å². The second kappa shape index (κ2) is 9.88. The van der Waals surface area contributed by atoms with Gasteiger partial charge in [0.2, 0.25) is 5.88 Å². The van der Waals surface area contributed by atoms with E-state index in [2.05, 4.69) is 19.6 Å². The van der Waals surface area contributed by atoms with Crippen LogP contribution in [0.25, 0.3) is 17.0 Å². The number of ether oxygens (including phenoxy) is 1. The minimum Gasteiger partial charge on any atom is -0.756 e. The van der Waals surface area contributed by atoms with Crippen LogP contribution in [0.1, 0.15) is 16.8 Å². The van der Waals surface area contributed by atoms with Crippen molar-refractivity contribution in [2.24, 2.45) is 0 Å². The van der Waals surface area contributed by atoms with Gasteiger partial charge in [-0.05, 0) is 35.4 Å². The third-order valence-electron chi connectivity index (χ3n) is 5.33. The molecular weight excluding hydrogens is 487 g/mol. The third-order valence-corrected chi connectivity index (χ3v) is 5.77. The molecule has 1 unspecified atom stereocenters. The maximum absolute atomic E-state index is 10.9. The normalized spacial score (nSPS) is 13.1. The second-order valence-corrected chi connectivity index (χ2v) is 9.08. The van der Waals surface area contributed by atoms with Crippen LogP contribution in [0.4, 0.5) is 5.82 Å². The second-order valence-electron chi connectivity index (χ2n) is 7.88. The Morgan fingerprint density at radius 2 is 2.06 bits per heavy atom. The van der Waals surface area contributed by atoms with Crippen molar-refractivity contribution in [1.82, 2.24) is 19.5 Å². The Labute approximate surface area is 204 Å². The van der Waals surface area contributed by atoms with Gasteiger partial charge >= 0.3 is 0 Å². The van der Waals surface area contributed by atoms with Gasteiger partial charge in [0.05, 0.1) is 11.9 Å². The summed E-state index contributed by atoms with van der Waals surface area (Å²) in [5.41, 5.74) is 10.00. The van der Waals surface area contributed by atoms with Gasteiger partial charge in [-0.1, -0.05) is 11.2 Å². The lowest BCUT2D eigenvalue weighted by Crippen LogP contribution is -2.38. The Bertz CT molecular complexity index is 1540. The van der Waals surface area contributed by atoms with Crippen molar-refractivity contribution in [2.75, 3.05) is 5.73 Å². The van der Waals surface area contributed by atoms with Crippen LogP contribution in [-0.4, -0.2) is 24.4 Å². The molecule has 13 heteroatoms. The summed E-state index contributed by atoms with van der Waals surface area (Å²) in [5, 5.41) is 4.09. The highest BCUT2D eigenvalue weighted by Crippen LogP contribution is 2.30. The molecule has 0 aromatic carbocycles. The Morgan fingerprint density at radius 3 is 2.86 bits per heavy atom. The highest BCUT2D eigenvalue weighted by atomic mass is 31.2. The van der Waals surface area contributed by atoms with Crippen LogP contribution in [0.15, 0.2) is 78.0 Å². The average molecular weight is 508 g/mol. The van der Waals surface area contributed by atoms with Crippen LogP contribution in [-0.2, 0) is 28.8 Å². The number of nitrogens with zero attached hydrogens (tertiary/aromatic N) is 5. The first-order valence-electron chi connectivity index (χ1n) is 10.8. The number of aromatic nitrogens is 5. The monoisotopic (exact) mass is 508 g/mol. The molecule has 184 valence electrons. The van der Waals surface area contributed by atoms with Crippen LogP contribution < -0.4 is 19.9 Å². The largest absolute Gasteiger partial charge is 0.756 e. The van der Waals surface area contributed by atoms with Crippen LogP contribution in [0, 0.1) is 0 Å². The van der Waals surface area contributed by atoms with Crippen molar-refractivity contribution in [3.8, 4) is 17.2 Å². The first-order chi connectivity index (χ1) is 17.3. The molecular formula is C23H21N6O6P. The van der Waals surface area contributed by atoms with Gasteiger partial charge in [0.15, 0.2) is 12.5 Å². The summed E-state index contributed by atoms with van der Waals surface area (Å²) in [6.45, 7) is -0.105. The number of anilines is 1. The van der Waals surface area contributed by atoms with E-state index in [1.807, 2.05) is 35.0 Å². The number of hydrogen-bond acceptors (Lipinski definition) is 9. The molecule has 5 heterocycles. The molecule has 0 saturated heterocycles. The van der Waals surface area contributed by atoms with Gasteiger partial charge in [-0.15, -0.1) is 0 Å². The SMILES string of the molecule is Nc1c(-c2cc(Cc3ccc(OCc4ccn5ccnc5c4)nc3)no2)ccc[n+]1COP(=O)([O-])O. The predicted molar refractivity (Wildman–Crippen MR) is 124 cm³/mol. The number of pyridine rings is 3. The molecule has 5 rings (SSSR count). The zero-order chi connectivity index (χ0) is 25.1. The van der Waals surface area contributed by atoms with E-state index in [1.165, 1.54) is 10.8 Å².